The van der Waals surface area contributed by atoms with E-state index in [0.717, 1.165) is 23.1 Å². The molecule has 35 heavy (non-hydrogen) atoms. The first-order valence-electron chi connectivity index (χ1n) is 11.6. The number of amides is 1. The first-order valence-corrected chi connectivity index (χ1v) is 14.0. The summed E-state index contributed by atoms with van der Waals surface area (Å²) in [5.74, 6) is -0.204. The van der Waals surface area contributed by atoms with E-state index >= 15 is 0 Å². The van der Waals surface area contributed by atoms with Crippen molar-refractivity contribution in [2.24, 2.45) is 0 Å². The van der Waals surface area contributed by atoms with Gasteiger partial charge in [-0.3, -0.25) is 4.79 Å². The minimum absolute atomic E-state index is 0.203. The molecule has 6 nitrogen and oxygen atoms in total. The fourth-order valence-corrected chi connectivity index (χ4v) is 6.40. The second kappa shape index (κ2) is 11.8. The van der Waals surface area contributed by atoms with E-state index in [1.54, 1.807) is 24.5 Å². The third-order valence-electron chi connectivity index (χ3n) is 6.06. The average Bonchev–Trinajstić information content (AvgIpc) is 3.36. The van der Waals surface area contributed by atoms with Gasteiger partial charge in [-0.05, 0) is 47.1 Å². The Balaban J connectivity index is 1.58. The molecule has 2 heterocycles. The van der Waals surface area contributed by atoms with Crippen LogP contribution in [-0.4, -0.2) is 56.9 Å². The minimum Gasteiger partial charge on any atom is -0.385 e. The van der Waals surface area contributed by atoms with E-state index in [1.165, 1.54) is 14.6 Å². The smallest absolute Gasteiger partial charge is 0.238 e. The van der Waals surface area contributed by atoms with Gasteiger partial charge in [0.15, 0.2) is 0 Å². The summed E-state index contributed by atoms with van der Waals surface area (Å²) in [5.41, 5.74) is 2.93. The lowest BCUT2D eigenvalue weighted by Gasteiger charge is -2.37. The number of hydrogen-bond acceptors (Lipinski definition) is 5. The summed E-state index contributed by atoms with van der Waals surface area (Å²) in [7, 11) is -2.24. The lowest BCUT2D eigenvalue weighted by molar-refractivity contribution is -0.133. The number of carbonyl (C=O) groups excluding carboxylic acids is 1. The molecule has 0 saturated carbocycles. The molecule has 0 fully saturated rings. The summed E-state index contributed by atoms with van der Waals surface area (Å²) >= 11 is 1.71. The number of hydrogen-bond donors (Lipinski definition) is 0. The molecule has 1 aliphatic heterocycles. The predicted molar refractivity (Wildman–Crippen MR) is 140 cm³/mol. The molecule has 0 radical (unpaired) electrons. The number of methoxy groups -OCH3 is 1. The van der Waals surface area contributed by atoms with E-state index in [2.05, 4.69) is 11.4 Å². The van der Waals surface area contributed by atoms with Crippen LogP contribution in [0.5, 0.6) is 0 Å². The molecule has 0 aliphatic carbocycles. The maximum atomic E-state index is 13.6. The monoisotopic (exact) mass is 510 g/mol. The quantitative estimate of drug-likeness (QED) is 0.375. The molecule has 0 saturated heterocycles. The Labute approximate surface area is 211 Å². The van der Waals surface area contributed by atoms with Crippen molar-refractivity contribution in [3.63, 3.8) is 0 Å². The van der Waals surface area contributed by atoms with Crippen LogP contribution in [0, 0.1) is 0 Å². The average molecular weight is 511 g/mol. The summed E-state index contributed by atoms with van der Waals surface area (Å²) in [6, 6.07) is 21.0. The lowest BCUT2D eigenvalue weighted by Crippen LogP contribution is -2.46. The zero-order chi connectivity index (χ0) is 24.7. The van der Waals surface area contributed by atoms with Crippen molar-refractivity contribution >= 4 is 33.3 Å². The zero-order valence-electron chi connectivity index (χ0n) is 19.7. The van der Waals surface area contributed by atoms with Gasteiger partial charge in [0.05, 0.1) is 12.6 Å². The summed E-state index contributed by atoms with van der Waals surface area (Å²) in [4.78, 5) is 16.7. The van der Waals surface area contributed by atoms with Gasteiger partial charge >= 0.3 is 0 Å². The molecule has 1 aliphatic rings. The maximum Gasteiger partial charge on any atom is 0.238 e. The third-order valence-corrected chi connectivity index (χ3v) is 8.57. The van der Waals surface area contributed by atoms with Gasteiger partial charge in [-0.15, -0.1) is 11.3 Å². The first kappa shape index (κ1) is 25.3. The molecule has 0 spiro atoms. The van der Waals surface area contributed by atoms with Crippen LogP contribution in [-0.2, 0) is 26.0 Å². The molecule has 8 heteroatoms. The van der Waals surface area contributed by atoms with Gasteiger partial charge in [0.25, 0.3) is 0 Å². The Hall–Kier alpha value is -2.78. The molecule has 1 atom stereocenters. The second-order valence-electron chi connectivity index (χ2n) is 8.39. The summed E-state index contributed by atoms with van der Waals surface area (Å²) in [6.07, 6.45) is 2.83. The molecule has 3 aromatic rings. The Morgan fingerprint density at radius 2 is 1.83 bits per heavy atom. The van der Waals surface area contributed by atoms with Crippen LogP contribution in [0.15, 0.2) is 77.5 Å². The van der Waals surface area contributed by atoms with Crippen LogP contribution in [0.2, 0.25) is 0 Å². The van der Waals surface area contributed by atoms with Gasteiger partial charge in [0.2, 0.25) is 15.9 Å². The van der Waals surface area contributed by atoms with E-state index < -0.39 is 10.0 Å². The molecule has 1 unspecified atom stereocenters. The number of rotatable bonds is 10. The molecule has 184 valence electrons. The van der Waals surface area contributed by atoms with Crippen LogP contribution in [0.4, 0.5) is 0 Å². The third kappa shape index (κ3) is 6.27. The molecule has 2 aromatic carbocycles. The summed E-state index contributed by atoms with van der Waals surface area (Å²) in [5, 5.41) is 3.24. The SMILES string of the molecule is COCCCN(CC(=O)N1CCc2sccc2C1c1ccccc1)S(=O)(=O)C=Cc1ccccc1. The Morgan fingerprint density at radius 3 is 2.54 bits per heavy atom. The molecule has 1 aromatic heterocycles. The van der Waals surface area contributed by atoms with Gasteiger partial charge < -0.3 is 9.64 Å². The first-order chi connectivity index (χ1) is 17.0. The molecule has 0 bridgehead atoms. The van der Waals surface area contributed by atoms with Crippen molar-refractivity contribution in [3.8, 4) is 0 Å². The minimum atomic E-state index is -3.81. The maximum absolute atomic E-state index is 13.6. The number of carbonyl (C=O) groups is 1. The summed E-state index contributed by atoms with van der Waals surface area (Å²) in [6.45, 7) is 0.956. The Morgan fingerprint density at radius 1 is 1.11 bits per heavy atom. The fourth-order valence-electron chi connectivity index (χ4n) is 4.32. The Kier molecular flexibility index (Phi) is 8.51. The number of benzene rings is 2. The zero-order valence-corrected chi connectivity index (χ0v) is 21.4. The van der Waals surface area contributed by atoms with Crippen LogP contribution in [0.25, 0.3) is 6.08 Å². The van der Waals surface area contributed by atoms with Crippen LogP contribution < -0.4 is 0 Å². The van der Waals surface area contributed by atoms with Crippen molar-refractivity contribution in [1.29, 1.82) is 0 Å². The van der Waals surface area contributed by atoms with Gasteiger partial charge in [0, 0.05) is 37.1 Å². The van der Waals surface area contributed by atoms with Gasteiger partial charge in [-0.25, -0.2) is 8.42 Å². The topological polar surface area (TPSA) is 66.9 Å². The molecule has 4 rings (SSSR count). The van der Waals surface area contributed by atoms with Gasteiger partial charge in [-0.1, -0.05) is 60.7 Å². The summed E-state index contributed by atoms with van der Waals surface area (Å²) < 4.78 is 32.9. The molecular weight excluding hydrogens is 480 g/mol. The van der Waals surface area contributed by atoms with E-state index in [9.17, 15) is 13.2 Å². The molecule has 0 N–H and O–H groups in total. The van der Waals surface area contributed by atoms with E-state index in [4.69, 9.17) is 4.74 Å². The Bertz CT molecular complexity index is 1240. The van der Waals surface area contributed by atoms with Gasteiger partial charge in [0.1, 0.15) is 0 Å². The van der Waals surface area contributed by atoms with Crippen molar-refractivity contribution in [2.45, 2.75) is 18.9 Å². The highest BCUT2D eigenvalue weighted by molar-refractivity contribution is 7.92. The van der Waals surface area contributed by atoms with Crippen LogP contribution >= 0.6 is 11.3 Å². The normalized spacial score (nSPS) is 16.1. The molecular formula is C27H30N2O4S2. The van der Waals surface area contributed by atoms with E-state index in [-0.39, 0.29) is 25.0 Å². The number of sulfonamides is 1. The fraction of sp³-hybridized carbons (Fsp3) is 0.296. The number of ether oxygens (including phenoxy) is 1. The number of thiophene rings is 1. The van der Waals surface area contributed by atoms with Crippen molar-refractivity contribution in [2.75, 3.05) is 33.4 Å². The number of nitrogens with zero attached hydrogens (tertiary/aromatic N) is 2. The van der Waals surface area contributed by atoms with Gasteiger partial charge in [-0.2, -0.15) is 4.31 Å². The number of fused-ring (bicyclic) bond motifs is 1. The highest BCUT2D eigenvalue weighted by Gasteiger charge is 2.34. The standard InChI is InChI=1S/C27H30N2O4S2/c1-33-18-8-16-28(35(31,32)20-15-22-9-4-2-5-10-22)21-26(30)29-17-13-25-24(14-19-34-25)27(29)23-11-6-3-7-12-23/h2-7,9-12,14-15,19-20,27H,8,13,16-18,21H2,1H3. The largest absolute Gasteiger partial charge is 0.385 e. The van der Waals surface area contributed by atoms with E-state index in [1.807, 2.05) is 65.6 Å². The molecule has 1 amide bonds. The van der Waals surface area contributed by atoms with Crippen LogP contribution in [0.3, 0.4) is 0 Å². The second-order valence-corrected chi connectivity index (χ2v) is 11.2. The van der Waals surface area contributed by atoms with Crippen LogP contribution in [0.1, 0.15) is 34.0 Å². The van der Waals surface area contributed by atoms with Crippen molar-refractivity contribution in [1.82, 2.24) is 9.21 Å². The highest BCUT2D eigenvalue weighted by Crippen LogP contribution is 2.37. The highest BCUT2D eigenvalue weighted by atomic mass is 32.2. The lowest BCUT2D eigenvalue weighted by atomic mass is 9.93. The van der Waals surface area contributed by atoms with Crippen molar-refractivity contribution in [3.05, 3.63) is 99.1 Å². The predicted octanol–water partition coefficient (Wildman–Crippen LogP) is 4.56. The van der Waals surface area contributed by atoms with Crippen molar-refractivity contribution < 1.29 is 17.9 Å². The van der Waals surface area contributed by atoms with E-state index in [0.29, 0.717) is 19.6 Å².